The highest BCUT2D eigenvalue weighted by atomic mass is 35.5. The summed E-state index contributed by atoms with van der Waals surface area (Å²) in [6.45, 7) is 0.720. The Labute approximate surface area is 125 Å². The summed E-state index contributed by atoms with van der Waals surface area (Å²) in [4.78, 5) is 8.26. The Bertz CT molecular complexity index is 610. The van der Waals surface area contributed by atoms with Crippen molar-refractivity contribution in [3.63, 3.8) is 0 Å². The molecule has 0 atom stereocenters. The molecule has 106 valence electrons. The molecule has 2 rings (SSSR count). The van der Waals surface area contributed by atoms with E-state index in [1.807, 2.05) is 0 Å². The highest BCUT2D eigenvalue weighted by molar-refractivity contribution is 6.30. The lowest BCUT2D eigenvalue weighted by Crippen LogP contribution is -2.05. The summed E-state index contributed by atoms with van der Waals surface area (Å²) in [5, 5.41) is 3.49. The van der Waals surface area contributed by atoms with Crippen LogP contribution >= 0.6 is 23.2 Å². The molecule has 1 aromatic carbocycles. The van der Waals surface area contributed by atoms with Crippen LogP contribution in [0.2, 0.25) is 10.2 Å². The van der Waals surface area contributed by atoms with Crippen LogP contribution < -0.4 is 5.32 Å². The fourth-order valence-corrected chi connectivity index (χ4v) is 2.00. The molecule has 0 fully saturated rings. The van der Waals surface area contributed by atoms with E-state index in [4.69, 9.17) is 27.9 Å². The Morgan fingerprint density at radius 3 is 2.75 bits per heavy atom. The molecule has 0 bridgehead atoms. The molecule has 2 aromatic rings. The van der Waals surface area contributed by atoms with Crippen LogP contribution in [0.15, 0.2) is 24.3 Å². The van der Waals surface area contributed by atoms with E-state index in [0.29, 0.717) is 23.3 Å². The molecule has 4 nitrogen and oxygen atoms in total. The summed E-state index contributed by atoms with van der Waals surface area (Å²) in [6, 6.07) is 6.13. The first-order chi connectivity index (χ1) is 9.58. The third-order valence-corrected chi connectivity index (χ3v) is 2.96. The Balaban J connectivity index is 2.08. The maximum atomic E-state index is 13.0. The van der Waals surface area contributed by atoms with Crippen molar-refractivity contribution in [3.05, 3.63) is 51.6 Å². The second kappa shape index (κ2) is 6.83. The molecule has 0 saturated carbocycles. The van der Waals surface area contributed by atoms with E-state index in [-0.39, 0.29) is 11.6 Å². The monoisotopic (exact) mass is 315 g/mol. The number of hydrogen-bond acceptors (Lipinski definition) is 4. The molecule has 0 aliphatic rings. The number of methoxy groups -OCH3 is 1. The largest absolute Gasteiger partial charge is 0.377 e. The Hall–Kier alpha value is -1.43. The number of hydrogen-bond donors (Lipinski definition) is 1. The van der Waals surface area contributed by atoms with Gasteiger partial charge in [-0.2, -0.15) is 0 Å². The van der Waals surface area contributed by atoms with Crippen LogP contribution in [-0.4, -0.2) is 17.1 Å². The third kappa shape index (κ3) is 4.03. The number of halogens is 3. The van der Waals surface area contributed by atoms with Crippen molar-refractivity contribution in [2.45, 2.75) is 13.2 Å². The first-order valence-corrected chi connectivity index (χ1v) is 6.54. The normalized spacial score (nSPS) is 10.6. The van der Waals surface area contributed by atoms with Crippen LogP contribution in [0.25, 0.3) is 0 Å². The van der Waals surface area contributed by atoms with E-state index in [2.05, 4.69) is 15.3 Å². The molecule has 0 saturated heterocycles. The minimum absolute atomic E-state index is 0.0880. The molecule has 1 N–H and O–H groups in total. The highest BCUT2D eigenvalue weighted by Gasteiger charge is 2.04. The van der Waals surface area contributed by atoms with Gasteiger partial charge in [0.2, 0.25) is 0 Å². The van der Waals surface area contributed by atoms with E-state index >= 15 is 0 Å². The highest BCUT2D eigenvalue weighted by Crippen LogP contribution is 2.18. The molecule has 0 amide bonds. The van der Waals surface area contributed by atoms with Gasteiger partial charge in [0.05, 0.1) is 5.02 Å². The van der Waals surface area contributed by atoms with E-state index in [1.165, 1.54) is 6.07 Å². The van der Waals surface area contributed by atoms with Crippen LogP contribution in [0.5, 0.6) is 0 Å². The quantitative estimate of drug-likeness (QED) is 0.855. The number of aromatic nitrogens is 2. The van der Waals surface area contributed by atoms with Crippen molar-refractivity contribution in [2.24, 2.45) is 0 Å². The van der Waals surface area contributed by atoms with Crippen molar-refractivity contribution in [3.8, 4) is 0 Å². The van der Waals surface area contributed by atoms with Crippen molar-refractivity contribution in [2.75, 3.05) is 12.4 Å². The Morgan fingerprint density at radius 2 is 2.05 bits per heavy atom. The van der Waals surface area contributed by atoms with Gasteiger partial charge in [-0.3, -0.25) is 0 Å². The summed E-state index contributed by atoms with van der Waals surface area (Å²) in [7, 11) is 1.55. The van der Waals surface area contributed by atoms with Crippen LogP contribution in [0.1, 0.15) is 11.4 Å². The molecule has 7 heteroatoms. The maximum absolute atomic E-state index is 13.0. The minimum Gasteiger partial charge on any atom is -0.377 e. The van der Waals surface area contributed by atoms with Gasteiger partial charge in [0, 0.05) is 19.7 Å². The zero-order valence-electron chi connectivity index (χ0n) is 10.7. The zero-order chi connectivity index (χ0) is 14.5. The Kier molecular flexibility index (Phi) is 5.11. The molecule has 1 aromatic heterocycles. The minimum atomic E-state index is -0.442. The fraction of sp³-hybridized carbons (Fsp3) is 0.231. The average Bonchev–Trinajstić information content (AvgIpc) is 2.40. The molecule has 0 radical (unpaired) electrons. The van der Waals surface area contributed by atoms with Gasteiger partial charge in [-0.05, 0) is 17.7 Å². The van der Waals surface area contributed by atoms with E-state index in [1.54, 1.807) is 25.3 Å². The SMILES string of the molecule is COCc1nc(Cl)cc(NCc2ccc(F)c(Cl)c2)n1. The molecular formula is C13H12Cl2FN3O. The Morgan fingerprint density at radius 1 is 1.25 bits per heavy atom. The smallest absolute Gasteiger partial charge is 0.158 e. The van der Waals surface area contributed by atoms with Crippen LogP contribution in [-0.2, 0) is 17.9 Å². The van der Waals surface area contributed by atoms with Gasteiger partial charge < -0.3 is 10.1 Å². The molecule has 20 heavy (non-hydrogen) atoms. The molecule has 1 heterocycles. The van der Waals surface area contributed by atoms with E-state index < -0.39 is 5.82 Å². The lowest BCUT2D eigenvalue weighted by atomic mass is 10.2. The number of benzene rings is 1. The van der Waals surface area contributed by atoms with Crippen molar-refractivity contribution >= 4 is 29.0 Å². The van der Waals surface area contributed by atoms with Gasteiger partial charge in [-0.1, -0.05) is 29.3 Å². The van der Waals surface area contributed by atoms with Crippen molar-refractivity contribution < 1.29 is 9.13 Å². The number of anilines is 1. The first kappa shape index (κ1) is 15.0. The number of nitrogens with one attached hydrogen (secondary N) is 1. The maximum Gasteiger partial charge on any atom is 0.158 e. The molecule has 0 aliphatic heterocycles. The van der Waals surface area contributed by atoms with Crippen LogP contribution in [0.4, 0.5) is 10.2 Å². The molecule has 0 spiro atoms. The predicted octanol–water partition coefficient (Wildman–Crippen LogP) is 3.68. The van der Waals surface area contributed by atoms with Gasteiger partial charge >= 0.3 is 0 Å². The van der Waals surface area contributed by atoms with Crippen LogP contribution in [0, 0.1) is 5.82 Å². The number of rotatable bonds is 5. The molecular weight excluding hydrogens is 304 g/mol. The van der Waals surface area contributed by atoms with Gasteiger partial charge in [0.15, 0.2) is 5.82 Å². The topological polar surface area (TPSA) is 47.0 Å². The van der Waals surface area contributed by atoms with E-state index in [9.17, 15) is 4.39 Å². The zero-order valence-corrected chi connectivity index (χ0v) is 12.2. The standard InChI is InChI=1S/C13H12Cl2FN3O/c1-20-7-13-18-11(15)5-12(19-13)17-6-8-2-3-10(16)9(14)4-8/h2-5H,6-7H2,1H3,(H,17,18,19). The number of nitrogens with zero attached hydrogens (tertiary/aromatic N) is 2. The van der Waals surface area contributed by atoms with Crippen molar-refractivity contribution in [1.82, 2.24) is 9.97 Å². The molecule has 0 unspecified atom stereocenters. The lowest BCUT2D eigenvalue weighted by molar-refractivity contribution is 0.178. The van der Waals surface area contributed by atoms with E-state index in [0.717, 1.165) is 5.56 Å². The third-order valence-electron chi connectivity index (χ3n) is 2.47. The average molecular weight is 316 g/mol. The molecule has 0 aliphatic carbocycles. The summed E-state index contributed by atoms with van der Waals surface area (Å²) in [5.41, 5.74) is 0.833. The second-order valence-electron chi connectivity index (χ2n) is 4.03. The first-order valence-electron chi connectivity index (χ1n) is 5.78. The van der Waals surface area contributed by atoms with Gasteiger partial charge in [0.1, 0.15) is 23.4 Å². The number of ether oxygens (including phenoxy) is 1. The summed E-state index contributed by atoms with van der Waals surface area (Å²) < 4.78 is 18.0. The summed E-state index contributed by atoms with van der Waals surface area (Å²) in [5.74, 6) is 0.611. The van der Waals surface area contributed by atoms with Crippen molar-refractivity contribution in [1.29, 1.82) is 0 Å². The van der Waals surface area contributed by atoms with Gasteiger partial charge in [-0.25, -0.2) is 14.4 Å². The summed E-state index contributed by atoms with van der Waals surface area (Å²) >= 11 is 11.6. The lowest BCUT2D eigenvalue weighted by Gasteiger charge is -2.08. The predicted molar refractivity (Wildman–Crippen MR) is 76.5 cm³/mol. The fourth-order valence-electron chi connectivity index (χ4n) is 1.59. The second-order valence-corrected chi connectivity index (χ2v) is 4.82. The van der Waals surface area contributed by atoms with Crippen LogP contribution in [0.3, 0.4) is 0 Å². The summed E-state index contributed by atoms with van der Waals surface area (Å²) in [6.07, 6.45) is 0. The van der Waals surface area contributed by atoms with Gasteiger partial charge in [0.25, 0.3) is 0 Å². The van der Waals surface area contributed by atoms with Gasteiger partial charge in [-0.15, -0.1) is 0 Å².